The molecule has 0 aliphatic carbocycles. The fourth-order valence-electron chi connectivity index (χ4n) is 2.14. The maximum Gasteiger partial charge on any atom is 0.280 e. The van der Waals surface area contributed by atoms with Crippen molar-refractivity contribution in [3.63, 3.8) is 0 Å². The highest BCUT2D eigenvalue weighted by molar-refractivity contribution is 6.06. The van der Waals surface area contributed by atoms with E-state index in [9.17, 15) is 20.2 Å². The summed E-state index contributed by atoms with van der Waals surface area (Å²) in [6.07, 6.45) is 3.75. The number of nitriles is 1. The third-order valence-electron chi connectivity index (χ3n) is 3.29. The molecule has 0 atom stereocenters. The van der Waals surface area contributed by atoms with E-state index in [1.165, 1.54) is 41.6 Å². The Bertz CT molecular complexity index is 1030. The maximum absolute atomic E-state index is 12.1. The molecule has 10 nitrogen and oxygen atoms in total. The van der Waals surface area contributed by atoms with Crippen LogP contribution in [0, 0.1) is 21.4 Å². The van der Waals surface area contributed by atoms with E-state index in [0.717, 1.165) is 0 Å². The highest BCUT2D eigenvalue weighted by Crippen LogP contribution is 2.31. The van der Waals surface area contributed by atoms with Crippen molar-refractivity contribution in [2.75, 3.05) is 5.43 Å². The van der Waals surface area contributed by atoms with Gasteiger partial charge < -0.3 is 4.42 Å². The number of rotatable bonds is 5. The van der Waals surface area contributed by atoms with Crippen LogP contribution in [0.2, 0.25) is 0 Å². The van der Waals surface area contributed by atoms with Crippen molar-refractivity contribution in [1.82, 2.24) is 14.9 Å². The summed E-state index contributed by atoms with van der Waals surface area (Å²) in [6.45, 7) is 0. The maximum atomic E-state index is 12.1. The van der Waals surface area contributed by atoms with E-state index < -0.39 is 10.8 Å². The quantitative estimate of drug-likeness (QED) is 0.321. The molecular formula is C16H10N6O4. The zero-order chi connectivity index (χ0) is 18.5. The summed E-state index contributed by atoms with van der Waals surface area (Å²) in [5, 5.41) is 27.3. The van der Waals surface area contributed by atoms with Crippen LogP contribution in [0.5, 0.6) is 0 Å². The molecule has 10 heteroatoms. The second-order valence-electron chi connectivity index (χ2n) is 4.96. The smallest absolute Gasteiger partial charge is 0.280 e. The number of nitrogens with one attached hydrogen (secondary N) is 1. The summed E-state index contributed by atoms with van der Waals surface area (Å²) < 4.78 is 6.72. The van der Waals surface area contributed by atoms with Gasteiger partial charge in [-0.3, -0.25) is 20.3 Å². The Morgan fingerprint density at radius 2 is 2.00 bits per heavy atom. The molecule has 0 fully saturated rings. The molecule has 1 amide bonds. The fraction of sp³-hybridized carbons (Fsp3) is 0. The predicted octanol–water partition coefficient (Wildman–Crippen LogP) is 2.12. The number of aromatic nitrogens is 3. The topological polar surface area (TPSA) is 140 Å². The van der Waals surface area contributed by atoms with Gasteiger partial charge in [0.05, 0.1) is 10.5 Å². The van der Waals surface area contributed by atoms with Gasteiger partial charge in [0.2, 0.25) is 0 Å². The van der Waals surface area contributed by atoms with Crippen LogP contribution in [-0.2, 0) is 4.79 Å². The molecular weight excluding hydrogens is 340 g/mol. The molecule has 0 aliphatic heterocycles. The third kappa shape index (κ3) is 3.46. The van der Waals surface area contributed by atoms with Crippen LogP contribution in [0.1, 0.15) is 5.76 Å². The molecule has 128 valence electrons. The van der Waals surface area contributed by atoms with Gasteiger partial charge in [-0.25, -0.2) is 4.68 Å². The summed E-state index contributed by atoms with van der Waals surface area (Å²) in [5.41, 5.74) is 2.35. The van der Waals surface area contributed by atoms with Gasteiger partial charge in [-0.1, -0.05) is 12.1 Å². The second kappa shape index (κ2) is 7.10. The van der Waals surface area contributed by atoms with E-state index in [2.05, 4.69) is 15.6 Å². The number of nitro benzene ring substituents is 1. The molecule has 0 radical (unpaired) electrons. The molecule has 0 saturated heterocycles. The first-order valence-electron chi connectivity index (χ1n) is 7.20. The van der Waals surface area contributed by atoms with E-state index in [1.807, 2.05) is 0 Å². The highest BCUT2D eigenvalue weighted by atomic mass is 16.6. The molecule has 1 aromatic carbocycles. The number of carbonyl (C=O) groups is 1. The molecule has 26 heavy (non-hydrogen) atoms. The van der Waals surface area contributed by atoms with Crippen LogP contribution in [0.3, 0.4) is 0 Å². The van der Waals surface area contributed by atoms with Crippen molar-refractivity contribution < 1.29 is 14.1 Å². The molecule has 0 saturated carbocycles. The van der Waals surface area contributed by atoms with Gasteiger partial charge in [0.25, 0.3) is 11.6 Å². The van der Waals surface area contributed by atoms with Crippen molar-refractivity contribution in [2.24, 2.45) is 0 Å². The summed E-state index contributed by atoms with van der Waals surface area (Å²) in [6, 6.07) is 10.9. The summed E-state index contributed by atoms with van der Waals surface area (Å²) >= 11 is 0. The lowest BCUT2D eigenvalue weighted by molar-refractivity contribution is -0.384. The van der Waals surface area contributed by atoms with Crippen molar-refractivity contribution >= 4 is 17.7 Å². The van der Waals surface area contributed by atoms with Crippen molar-refractivity contribution in [2.45, 2.75) is 0 Å². The lowest BCUT2D eigenvalue weighted by atomic mass is 10.1. The van der Waals surface area contributed by atoms with Crippen LogP contribution in [-0.4, -0.2) is 25.7 Å². The normalized spacial score (nSPS) is 11.0. The SMILES string of the molecule is N#CC(=Cc1ccc(-c2ccccc2[N+](=O)[O-])o1)C(=O)Nn1cnnc1. The van der Waals surface area contributed by atoms with E-state index in [0.29, 0.717) is 5.56 Å². The minimum atomic E-state index is -0.684. The molecule has 2 aromatic heterocycles. The summed E-state index contributed by atoms with van der Waals surface area (Å²) in [7, 11) is 0. The first-order chi connectivity index (χ1) is 12.6. The molecule has 0 bridgehead atoms. The number of para-hydroxylation sites is 1. The van der Waals surface area contributed by atoms with Gasteiger partial charge >= 0.3 is 0 Å². The van der Waals surface area contributed by atoms with Crippen molar-refractivity contribution in [3.05, 3.63) is 70.5 Å². The number of nitro groups is 1. The average Bonchev–Trinajstić information content (AvgIpc) is 3.31. The number of amides is 1. The number of hydrogen-bond acceptors (Lipinski definition) is 7. The Labute approximate surface area is 146 Å². The second-order valence-corrected chi connectivity index (χ2v) is 4.96. The van der Waals surface area contributed by atoms with Gasteiger partial charge in [0.1, 0.15) is 35.8 Å². The van der Waals surface area contributed by atoms with Gasteiger partial charge in [0, 0.05) is 12.1 Å². The van der Waals surface area contributed by atoms with Gasteiger partial charge in [-0.15, -0.1) is 10.2 Å². The Morgan fingerprint density at radius 3 is 2.69 bits per heavy atom. The van der Waals surface area contributed by atoms with Gasteiger partial charge in [-0.05, 0) is 18.2 Å². The molecule has 0 unspecified atom stereocenters. The van der Waals surface area contributed by atoms with Gasteiger partial charge in [0.15, 0.2) is 0 Å². The van der Waals surface area contributed by atoms with Crippen LogP contribution in [0.25, 0.3) is 17.4 Å². The fourth-order valence-corrected chi connectivity index (χ4v) is 2.14. The highest BCUT2D eigenvalue weighted by Gasteiger charge is 2.17. The predicted molar refractivity (Wildman–Crippen MR) is 88.8 cm³/mol. The third-order valence-corrected chi connectivity index (χ3v) is 3.29. The number of nitrogens with zero attached hydrogens (tertiary/aromatic N) is 5. The van der Waals surface area contributed by atoms with E-state index in [4.69, 9.17) is 4.42 Å². The first kappa shape index (κ1) is 16.6. The van der Waals surface area contributed by atoms with Crippen LogP contribution < -0.4 is 5.43 Å². The Balaban J connectivity index is 1.87. The molecule has 3 aromatic rings. The van der Waals surface area contributed by atoms with E-state index in [-0.39, 0.29) is 22.8 Å². The summed E-state index contributed by atoms with van der Waals surface area (Å²) in [5.74, 6) is -0.232. The Kier molecular flexibility index (Phi) is 4.53. The molecule has 0 aliphatic rings. The standard InChI is InChI=1S/C16H10N6O4/c17-8-11(16(23)20-21-9-18-19-10-21)7-12-5-6-15(26-12)13-3-1-2-4-14(13)22(24)25/h1-7,9-10H,(H,20,23). The molecule has 0 spiro atoms. The zero-order valence-electron chi connectivity index (χ0n) is 13.1. The monoisotopic (exact) mass is 350 g/mol. The lowest BCUT2D eigenvalue weighted by Crippen LogP contribution is -2.22. The van der Waals surface area contributed by atoms with Crippen LogP contribution in [0.4, 0.5) is 5.69 Å². The average molecular weight is 350 g/mol. The number of benzene rings is 1. The number of furan rings is 1. The minimum Gasteiger partial charge on any atom is -0.456 e. The first-order valence-corrected chi connectivity index (χ1v) is 7.20. The number of carbonyl (C=O) groups excluding carboxylic acids is 1. The van der Waals surface area contributed by atoms with E-state index in [1.54, 1.807) is 24.3 Å². The van der Waals surface area contributed by atoms with Crippen LogP contribution in [0.15, 0.2) is 59.0 Å². The lowest BCUT2D eigenvalue weighted by Gasteiger charge is -2.02. The van der Waals surface area contributed by atoms with E-state index >= 15 is 0 Å². The Morgan fingerprint density at radius 1 is 1.27 bits per heavy atom. The van der Waals surface area contributed by atoms with Crippen LogP contribution >= 0.6 is 0 Å². The Hall–Kier alpha value is -4.26. The van der Waals surface area contributed by atoms with Crippen molar-refractivity contribution in [3.8, 4) is 17.4 Å². The minimum absolute atomic E-state index is 0.108. The summed E-state index contributed by atoms with van der Waals surface area (Å²) in [4.78, 5) is 22.7. The molecule has 2 heterocycles. The molecule has 1 N–H and O–H groups in total. The largest absolute Gasteiger partial charge is 0.456 e. The number of hydrogen-bond donors (Lipinski definition) is 1. The van der Waals surface area contributed by atoms with Gasteiger partial charge in [-0.2, -0.15) is 5.26 Å². The molecule has 3 rings (SSSR count). The zero-order valence-corrected chi connectivity index (χ0v) is 13.1. The van der Waals surface area contributed by atoms with Crippen molar-refractivity contribution in [1.29, 1.82) is 5.26 Å².